The molecule has 0 aromatic heterocycles. The number of nitrogens with two attached hydrogens (primary N) is 1. The van der Waals surface area contributed by atoms with Gasteiger partial charge in [-0.3, -0.25) is 0 Å². The number of para-hydroxylation sites is 1. The molecule has 0 radical (unpaired) electrons. The Morgan fingerprint density at radius 2 is 2.11 bits per heavy atom. The van der Waals surface area contributed by atoms with Crippen molar-refractivity contribution >= 4 is 11.9 Å². The van der Waals surface area contributed by atoms with Crippen molar-refractivity contribution in [1.82, 2.24) is 10.9 Å². The number of hydrazine groups is 1. The van der Waals surface area contributed by atoms with Gasteiger partial charge < -0.3 is 16.6 Å². The highest BCUT2D eigenvalue weighted by atomic mass is 15.4. The molecule has 0 amide bonds. The van der Waals surface area contributed by atoms with E-state index in [1.165, 1.54) is 24.6 Å². The first-order valence-electron chi connectivity index (χ1n) is 6.37. The smallest absolute Gasteiger partial charge is 0.0524 e. The summed E-state index contributed by atoms with van der Waals surface area (Å²) in [6.07, 6.45) is 6.02. The minimum Gasteiger partial charge on any atom is -0.398 e. The summed E-state index contributed by atoms with van der Waals surface area (Å²) < 4.78 is 0. The van der Waals surface area contributed by atoms with Crippen LogP contribution in [-0.4, -0.2) is 12.3 Å². The fourth-order valence-corrected chi connectivity index (χ4v) is 2.65. The molecule has 4 heteroatoms. The molecule has 2 aliphatic rings. The van der Waals surface area contributed by atoms with Crippen LogP contribution in [-0.2, 0) is 0 Å². The molecule has 1 heterocycles. The molecule has 1 aliphatic heterocycles. The second-order valence-electron chi connectivity index (χ2n) is 5.02. The van der Waals surface area contributed by atoms with E-state index in [0.29, 0.717) is 12.0 Å². The number of benzene rings is 1. The molecule has 0 saturated heterocycles. The van der Waals surface area contributed by atoms with E-state index in [-0.39, 0.29) is 5.92 Å². The zero-order chi connectivity index (χ0) is 12.5. The summed E-state index contributed by atoms with van der Waals surface area (Å²) in [6.45, 7) is 0. The third-order valence-corrected chi connectivity index (χ3v) is 3.79. The summed E-state index contributed by atoms with van der Waals surface area (Å²) in [7, 11) is 0. The van der Waals surface area contributed by atoms with Crippen LogP contribution in [0.15, 0.2) is 36.0 Å². The Labute approximate surface area is 107 Å². The maximum atomic E-state index is 7.73. The summed E-state index contributed by atoms with van der Waals surface area (Å²) in [5.74, 6) is 0.679. The van der Waals surface area contributed by atoms with Crippen LogP contribution in [0.3, 0.4) is 0 Å². The molecule has 5 N–H and O–H groups in total. The van der Waals surface area contributed by atoms with E-state index in [0.717, 1.165) is 11.3 Å². The third kappa shape index (κ3) is 1.88. The van der Waals surface area contributed by atoms with Gasteiger partial charge in [0.05, 0.1) is 6.04 Å². The van der Waals surface area contributed by atoms with Crippen LogP contribution in [0.5, 0.6) is 0 Å². The molecule has 2 unspecified atom stereocenters. The van der Waals surface area contributed by atoms with Gasteiger partial charge in [0.25, 0.3) is 0 Å². The van der Waals surface area contributed by atoms with Gasteiger partial charge in [0, 0.05) is 24.0 Å². The molecule has 1 aromatic rings. The fraction of sp³-hybridized carbons (Fsp3) is 0.357. The zero-order valence-corrected chi connectivity index (χ0v) is 10.2. The van der Waals surface area contributed by atoms with Gasteiger partial charge in [0.1, 0.15) is 0 Å². The Hall–Kier alpha value is -1.81. The van der Waals surface area contributed by atoms with Crippen molar-refractivity contribution in [2.45, 2.75) is 24.8 Å². The maximum Gasteiger partial charge on any atom is 0.0524 e. The fourth-order valence-electron chi connectivity index (χ4n) is 2.65. The molecule has 3 rings (SSSR count). The molecule has 2 atom stereocenters. The van der Waals surface area contributed by atoms with Gasteiger partial charge >= 0.3 is 0 Å². The monoisotopic (exact) mass is 242 g/mol. The molecule has 4 nitrogen and oxygen atoms in total. The van der Waals surface area contributed by atoms with Crippen LogP contribution in [0.4, 0.5) is 5.69 Å². The second kappa shape index (κ2) is 4.46. The number of nitrogens with one attached hydrogen (secondary N) is 3. The largest absolute Gasteiger partial charge is 0.398 e. The molecule has 1 fully saturated rings. The Morgan fingerprint density at radius 1 is 1.33 bits per heavy atom. The predicted molar refractivity (Wildman–Crippen MR) is 73.2 cm³/mol. The zero-order valence-electron chi connectivity index (χ0n) is 10.2. The first-order chi connectivity index (χ1) is 8.81. The van der Waals surface area contributed by atoms with Crippen LogP contribution in [0.25, 0.3) is 0 Å². The molecule has 1 saturated carbocycles. The lowest BCUT2D eigenvalue weighted by Crippen LogP contribution is -2.34. The lowest BCUT2D eigenvalue weighted by molar-refractivity contribution is 0.514. The molecule has 1 aliphatic carbocycles. The lowest BCUT2D eigenvalue weighted by atomic mass is 9.86. The molecule has 18 heavy (non-hydrogen) atoms. The van der Waals surface area contributed by atoms with Gasteiger partial charge in [-0.15, -0.1) is 0 Å². The van der Waals surface area contributed by atoms with E-state index >= 15 is 0 Å². The van der Waals surface area contributed by atoms with Gasteiger partial charge in [-0.05, 0) is 36.0 Å². The topological polar surface area (TPSA) is 73.9 Å². The normalized spacial score (nSPS) is 24.2. The number of anilines is 1. The minimum absolute atomic E-state index is 0.0284. The average molecular weight is 242 g/mol. The van der Waals surface area contributed by atoms with E-state index in [9.17, 15) is 0 Å². The molecule has 0 bridgehead atoms. The van der Waals surface area contributed by atoms with Crippen molar-refractivity contribution in [3.8, 4) is 0 Å². The van der Waals surface area contributed by atoms with Gasteiger partial charge in [-0.1, -0.05) is 18.2 Å². The van der Waals surface area contributed by atoms with Gasteiger partial charge in [0.15, 0.2) is 0 Å². The van der Waals surface area contributed by atoms with Gasteiger partial charge in [0.2, 0.25) is 0 Å². The van der Waals surface area contributed by atoms with E-state index in [1.54, 1.807) is 0 Å². The van der Waals surface area contributed by atoms with E-state index in [4.69, 9.17) is 11.1 Å². The van der Waals surface area contributed by atoms with Crippen LogP contribution in [0.2, 0.25) is 0 Å². The summed E-state index contributed by atoms with van der Waals surface area (Å²) in [5.41, 5.74) is 15.4. The van der Waals surface area contributed by atoms with Crippen molar-refractivity contribution in [3.63, 3.8) is 0 Å². The second-order valence-corrected chi connectivity index (χ2v) is 5.02. The van der Waals surface area contributed by atoms with E-state index in [2.05, 4.69) is 10.9 Å². The Balaban J connectivity index is 1.92. The number of rotatable bonds is 4. The number of hydrogen-bond donors (Lipinski definition) is 4. The van der Waals surface area contributed by atoms with Gasteiger partial charge in [-0.25, -0.2) is 5.43 Å². The molecule has 1 aromatic carbocycles. The lowest BCUT2D eigenvalue weighted by Gasteiger charge is -2.21. The van der Waals surface area contributed by atoms with Crippen molar-refractivity contribution < 1.29 is 0 Å². The minimum atomic E-state index is -0.0284. The Kier molecular flexibility index (Phi) is 2.80. The average Bonchev–Trinajstić information content (AvgIpc) is 3.12. The first kappa shape index (κ1) is 11.3. The molecule has 94 valence electrons. The Bertz CT molecular complexity index is 490. The molecular formula is C14H18N4. The van der Waals surface area contributed by atoms with E-state index in [1.807, 2.05) is 30.5 Å². The van der Waals surface area contributed by atoms with Crippen molar-refractivity contribution in [2.75, 3.05) is 5.73 Å². The van der Waals surface area contributed by atoms with Crippen LogP contribution in [0, 0.1) is 11.3 Å². The standard InChI is InChI=1S/C14H18N4/c15-7-11(10-3-1-2-4-13(10)16)12-8-17-18-14(12)9-5-6-9/h1-4,7-9,11,14-15,17-18H,5-6,16H2. The van der Waals surface area contributed by atoms with Crippen LogP contribution >= 0.6 is 0 Å². The quantitative estimate of drug-likeness (QED) is 0.480. The van der Waals surface area contributed by atoms with Crippen molar-refractivity contribution in [2.24, 2.45) is 5.92 Å². The van der Waals surface area contributed by atoms with Crippen LogP contribution < -0.4 is 16.6 Å². The highest BCUT2D eigenvalue weighted by molar-refractivity contribution is 5.74. The van der Waals surface area contributed by atoms with E-state index < -0.39 is 0 Å². The summed E-state index contributed by atoms with van der Waals surface area (Å²) in [4.78, 5) is 0. The summed E-state index contributed by atoms with van der Waals surface area (Å²) >= 11 is 0. The number of nitrogen functional groups attached to an aromatic ring is 1. The summed E-state index contributed by atoms with van der Waals surface area (Å²) in [6, 6.07) is 8.15. The first-order valence-corrected chi connectivity index (χ1v) is 6.37. The molecule has 0 spiro atoms. The molecular weight excluding hydrogens is 224 g/mol. The predicted octanol–water partition coefficient (Wildman–Crippen LogP) is 1.77. The Morgan fingerprint density at radius 3 is 2.78 bits per heavy atom. The highest BCUT2D eigenvalue weighted by Gasteiger charge is 2.38. The van der Waals surface area contributed by atoms with Crippen molar-refractivity contribution in [3.05, 3.63) is 41.6 Å². The van der Waals surface area contributed by atoms with Gasteiger partial charge in [-0.2, -0.15) is 0 Å². The highest BCUT2D eigenvalue weighted by Crippen LogP contribution is 2.41. The number of hydrogen-bond acceptors (Lipinski definition) is 4. The third-order valence-electron chi connectivity index (χ3n) is 3.79. The summed E-state index contributed by atoms with van der Waals surface area (Å²) in [5, 5.41) is 7.73. The maximum absolute atomic E-state index is 7.73. The van der Waals surface area contributed by atoms with Crippen LogP contribution in [0.1, 0.15) is 24.3 Å². The van der Waals surface area contributed by atoms with Crippen molar-refractivity contribution in [1.29, 1.82) is 5.41 Å². The SMILES string of the molecule is N=CC(C1=CNNC1C1CC1)c1ccccc1N.